The van der Waals surface area contributed by atoms with Crippen LogP contribution in [0.5, 0.6) is 0 Å². The molecule has 0 fully saturated rings. The average Bonchev–Trinajstić information content (AvgIpc) is 2.81. The van der Waals surface area contributed by atoms with Gasteiger partial charge in [-0.2, -0.15) is 0 Å². The van der Waals surface area contributed by atoms with Crippen LogP contribution in [0.3, 0.4) is 0 Å². The molecule has 0 aliphatic carbocycles. The Kier molecular flexibility index (Phi) is 6.52. The lowest BCUT2D eigenvalue weighted by molar-refractivity contribution is 0.293. The van der Waals surface area contributed by atoms with Crippen molar-refractivity contribution in [1.82, 2.24) is 14.5 Å². The number of rotatable bonds is 8. The van der Waals surface area contributed by atoms with E-state index in [0.717, 1.165) is 54.8 Å². The van der Waals surface area contributed by atoms with Gasteiger partial charge in [-0.3, -0.25) is 0 Å². The number of benzene rings is 1. The smallest absolute Gasteiger partial charge is 0.111 e. The monoisotopic (exact) mass is 371 g/mol. The lowest BCUT2D eigenvalue weighted by Gasteiger charge is -2.18. The lowest BCUT2D eigenvalue weighted by Crippen LogP contribution is -2.25. The van der Waals surface area contributed by atoms with Gasteiger partial charge in [0.15, 0.2) is 0 Å². The van der Waals surface area contributed by atoms with Gasteiger partial charge in [0.05, 0.1) is 11.0 Å². The molecule has 0 unspecified atom stereocenters. The molecule has 5 heteroatoms. The van der Waals surface area contributed by atoms with E-state index in [4.69, 9.17) is 16.6 Å². The molecule has 1 aromatic heterocycles. The van der Waals surface area contributed by atoms with Crippen LogP contribution < -0.4 is 0 Å². The fraction of sp³-hybridized carbons (Fsp3) is 0.562. The van der Waals surface area contributed by atoms with Gasteiger partial charge in [-0.25, -0.2) is 4.98 Å². The SMILES string of the molecule is CCN(CC)CCCn1c(CCCl)nc2ccc(Br)cc21. The lowest BCUT2D eigenvalue weighted by atomic mass is 10.3. The Labute approximate surface area is 140 Å². The molecular weight excluding hydrogens is 350 g/mol. The quantitative estimate of drug-likeness (QED) is 0.644. The number of alkyl halides is 1. The Morgan fingerprint density at radius 2 is 2.05 bits per heavy atom. The summed E-state index contributed by atoms with van der Waals surface area (Å²) in [5.74, 6) is 1.71. The minimum Gasteiger partial charge on any atom is -0.328 e. The molecule has 0 saturated carbocycles. The Hall–Kier alpha value is -0.580. The highest BCUT2D eigenvalue weighted by Crippen LogP contribution is 2.22. The number of hydrogen-bond donors (Lipinski definition) is 0. The topological polar surface area (TPSA) is 21.1 Å². The molecule has 0 saturated heterocycles. The van der Waals surface area contributed by atoms with E-state index in [1.54, 1.807) is 0 Å². The molecule has 21 heavy (non-hydrogen) atoms. The fourth-order valence-electron chi connectivity index (χ4n) is 2.66. The van der Waals surface area contributed by atoms with Gasteiger partial charge in [0.25, 0.3) is 0 Å². The highest BCUT2D eigenvalue weighted by atomic mass is 79.9. The van der Waals surface area contributed by atoms with Gasteiger partial charge >= 0.3 is 0 Å². The summed E-state index contributed by atoms with van der Waals surface area (Å²) in [5.41, 5.74) is 2.25. The average molecular weight is 373 g/mol. The van der Waals surface area contributed by atoms with Gasteiger partial charge in [0, 0.05) is 23.3 Å². The number of imidazole rings is 1. The summed E-state index contributed by atoms with van der Waals surface area (Å²) in [5, 5.41) is 0. The van der Waals surface area contributed by atoms with Crippen molar-refractivity contribution >= 4 is 38.6 Å². The summed E-state index contributed by atoms with van der Waals surface area (Å²) in [6.07, 6.45) is 1.95. The van der Waals surface area contributed by atoms with Gasteiger partial charge in [-0.05, 0) is 44.3 Å². The fourth-order valence-corrected chi connectivity index (χ4v) is 3.18. The molecule has 1 heterocycles. The second kappa shape index (κ2) is 8.16. The van der Waals surface area contributed by atoms with Crippen molar-refractivity contribution in [3.8, 4) is 0 Å². The van der Waals surface area contributed by atoms with Crippen LogP contribution in [0, 0.1) is 0 Å². The zero-order valence-corrected chi connectivity index (χ0v) is 15.1. The summed E-state index contributed by atoms with van der Waals surface area (Å²) in [4.78, 5) is 7.18. The minimum atomic E-state index is 0.612. The van der Waals surface area contributed by atoms with Crippen LogP contribution in [0.4, 0.5) is 0 Å². The van der Waals surface area contributed by atoms with Crippen LogP contribution in [0.2, 0.25) is 0 Å². The predicted molar refractivity (Wildman–Crippen MR) is 94.3 cm³/mol. The molecular formula is C16H23BrClN3. The Balaban J connectivity index is 2.19. The van der Waals surface area contributed by atoms with Crippen LogP contribution in [-0.2, 0) is 13.0 Å². The van der Waals surface area contributed by atoms with Crippen LogP contribution >= 0.6 is 27.5 Å². The van der Waals surface area contributed by atoms with E-state index in [9.17, 15) is 0 Å². The van der Waals surface area contributed by atoms with Crippen molar-refractivity contribution in [1.29, 1.82) is 0 Å². The van der Waals surface area contributed by atoms with Crippen molar-refractivity contribution in [3.63, 3.8) is 0 Å². The van der Waals surface area contributed by atoms with E-state index in [1.807, 2.05) is 6.07 Å². The molecule has 0 amide bonds. The number of hydrogen-bond acceptors (Lipinski definition) is 2. The van der Waals surface area contributed by atoms with E-state index in [-0.39, 0.29) is 0 Å². The zero-order valence-electron chi connectivity index (χ0n) is 12.8. The maximum atomic E-state index is 5.93. The van der Waals surface area contributed by atoms with E-state index in [0.29, 0.717) is 5.88 Å². The largest absolute Gasteiger partial charge is 0.328 e. The summed E-state index contributed by atoms with van der Waals surface area (Å²) in [7, 11) is 0. The van der Waals surface area contributed by atoms with Gasteiger partial charge in [0.1, 0.15) is 5.82 Å². The zero-order chi connectivity index (χ0) is 15.2. The van der Waals surface area contributed by atoms with Gasteiger partial charge in [0.2, 0.25) is 0 Å². The third-order valence-electron chi connectivity index (χ3n) is 3.86. The number of halogens is 2. The van der Waals surface area contributed by atoms with Crippen molar-refractivity contribution in [3.05, 3.63) is 28.5 Å². The summed E-state index contributed by atoms with van der Waals surface area (Å²) >= 11 is 9.48. The first kappa shape index (κ1) is 16.8. The van der Waals surface area contributed by atoms with E-state index in [2.05, 4.69) is 51.4 Å². The molecule has 0 bridgehead atoms. The van der Waals surface area contributed by atoms with Gasteiger partial charge < -0.3 is 9.47 Å². The third kappa shape index (κ3) is 4.21. The molecule has 0 spiro atoms. The first-order chi connectivity index (χ1) is 10.2. The number of nitrogens with zero attached hydrogens (tertiary/aromatic N) is 3. The Morgan fingerprint density at radius 1 is 1.29 bits per heavy atom. The molecule has 0 atom stereocenters. The van der Waals surface area contributed by atoms with E-state index < -0.39 is 0 Å². The first-order valence-electron chi connectivity index (χ1n) is 7.62. The highest BCUT2D eigenvalue weighted by Gasteiger charge is 2.11. The van der Waals surface area contributed by atoms with Gasteiger partial charge in [-0.15, -0.1) is 11.6 Å². The van der Waals surface area contributed by atoms with Crippen LogP contribution in [0.15, 0.2) is 22.7 Å². The molecule has 0 N–H and O–H groups in total. The van der Waals surface area contributed by atoms with E-state index >= 15 is 0 Å². The van der Waals surface area contributed by atoms with E-state index in [1.165, 1.54) is 5.52 Å². The second-order valence-electron chi connectivity index (χ2n) is 5.13. The molecule has 3 nitrogen and oxygen atoms in total. The molecule has 0 aliphatic rings. The summed E-state index contributed by atoms with van der Waals surface area (Å²) in [6.45, 7) is 8.78. The van der Waals surface area contributed by atoms with Crippen molar-refractivity contribution in [2.24, 2.45) is 0 Å². The Morgan fingerprint density at radius 3 is 2.71 bits per heavy atom. The standard InChI is InChI=1S/C16H23BrClN3/c1-3-20(4-2)10-5-11-21-15-12-13(17)6-7-14(15)19-16(21)8-9-18/h6-7,12H,3-5,8-11H2,1-2H3. The third-order valence-corrected chi connectivity index (χ3v) is 4.54. The Bertz CT molecular complexity index is 578. The van der Waals surface area contributed by atoms with Crippen LogP contribution in [0.25, 0.3) is 11.0 Å². The van der Waals surface area contributed by atoms with Gasteiger partial charge in [-0.1, -0.05) is 29.8 Å². The molecule has 0 aliphatic heterocycles. The molecule has 0 radical (unpaired) electrons. The number of fused-ring (bicyclic) bond motifs is 1. The van der Waals surface area contributed by atoms with Crippen LogP contribution in [-0.4, -0.2) is 40.0 Å². The molecule has 116 valence electrons. The molecule has 2 aromatic rings. The minimum absolute atomic E-state index is 0.612. The maximum absolute atomic E-state index is 5.93. The summed E-state index contributed by atoms with van der Waals surface area (Å²) in [6, 6.07) is 6.26. The molecule has 2 rings (SSSR count). The summed E-state index contributed by atoms with van der Waals surface area (Å²) < 4.78 is 3.42. The number of aromatic nitrogens is 2. The van der Waals surface area contributed by atoms with Crippen molar-refractivity contribution in [2.75, 3.05) is 25.5 Å². The van der Waals surface area contributed by atoms with Crippen molar-refractivity contribution in [2.45, 2.75) is 33.2 Å². The maximum Gasteiger partial charge on any atom is 0.111 e. The predicted octanol–water partition coefficient (Wildman–Crippen LogP) is 4.31. The van der Waals surface area contributed by atoms with Crippen LogP contribution in [0.1, 0.15) is 26.1 Å². The first-order valence-corrected chi connectivity index (χ1v) is 8.95. The molecule has 1 aromatic carbocycles. The second-order valence-corrected chi connectivity index (χ2v) is 6.43. The number of aryl methyl sites for hydroxylation is 2. The van der Waals surface area contributed by atoms with Crippen molar-refractivity contribution < 1.29 is 0 Å². The normalized spacial score (nSPS) is 11.7. The highest BCUT2D eigenvalue weighted by molar-refractivity contribution is 9.10.